The second kappa shape index (κ2) is 6.84. The van der Waals surface area contributed by atoms with E-state index in [0.29, 0.717) is 0 Å². The molecule has 1 aliphatic rings. The Labute approximate surface area is 134 Å². The Morgan fingerprint density at radius 1 is 1.19 bits per heavy atom. The third-order valence-electron chi connectivity index (χ3n) is 3.69. The monoisotopic (exact) mass is 319 g/mol. The van der Waals surface area contributed by atoms with Crippen LogP contribution in [0.5, 0.6) is 0 Å². The molecule has 0 radical (unpaired) electrons. The van der Waals surface area contributed by atoms with Crippen LogP contribution in [0.3, 0.4) is 0 Å². The summed E-state index contributed by atoms with van der Waals surface area (Å²) in [5.74, 6) is 0. The lowest BCUT2D eigenvalue weighted by atomic mass is 9.99. The van der Waals surface area contributed by atoms with Gasteiger partial charge < -0.3 is 10.4 Å². The summed E-state index contributed by atoms with van der Waals surface area (Å²) in [6, 6.07) is 14.9. The molecule has 1 heterocycles. The van der Waals surface area contributed by atoms with E-state index in [1.165, 1.54) is 20.9 Å². The van der Waals surface area contributed by atoms with Gasteiger partial charge in [-0.3, -0.25) is 0 Å². The van der Waals surface area contributed by atoms with Crippen LogP contribution in [0.15, 0.2) is 52.3 Å². The van der Waals surface area contributed by atoms with Gasteiger partial charge in [-0.05, 0) is 54.8 Å². The van der Waals surface area contributed by atoms with Gasteiger partial charge in [0, 0.05) is 27.5 Å². The molecule has 0 unspecified atom stereocenters. The van der Waals surface area contributed by atoms with Crippen molar-refractivity contribution in [3.8, 4) is 0 Å². The minimum atomic E-state index is 0.221. The first-order valence-electron chi connectivity index (χ1n) is 7.17. The van der Waals surface area contributed by atoms with Crippen LogP contribution < -0.4 is 5.32 Å². The number of fused-ring (bicyclic) bond motifs is 2. The topological polar surface area (TPSA) is 32.3 Å². The number of benzene rings is 2. The molecular formula is C17H18ClNOS. The fraction of sp³-hybridized carbons (Fsp3) is 0.294. The Hall–Kier alpha value is -1.00. The minimum Gasteiger partial charge on any atom is -0.396 e. The average Bonchev–Trinajstić information content (AvgIpc) is 2.64. The highest BCUT2D eigenvalue weighted by Crippen LogP contribution is 2.41. The van der Waals surface area contributed by atoms with E-state index < -0.39 is 0 Å². The molecular weight excluding hydrogens is 302 g/mol. The van der Waals surface area contributed by atoms with Crippen molar-refractivity contribution in [1.82, 2.24) is 5.32 Å². The van der Waals surface area contributed by atoms with Gasteiger partial charge in [-0.1, -0.05) is 41.6 Å². The van der Waals surface area contributed by atoms with E-state index in [1.807, 2.05) is 6.07 Å². The predicted octanol–water partition coefficient (Wildman–Crippen LogP) is 4.06. The molecule has 0 aliphatic carbocycles. The van der Waals surface area contributed by atoms with Gasteiger partial charge in [-0.15, -0.1) is 0 Å². The van der Waals surface area contributed by atoms with Gasteiger partial charge in [0.15, 0.2) is 0 Å². The van der Waals surface area contributed by atoms with Gasteiger partial charge in [0.2, 0.25) is 0 Å². The number of aliphatic hydroxyl groups is 1. The van der Waals surface area contributed by atoms with Crippen LogP contribution in [0.1, 0.15) is 23.6 Å². The smallest absolute Gasteiger partial charge is 0.0443 e. The van der Waals surface area contributed by atoms with E-state index in [9.17, 15) is 0 Å². The van der Waals surface area contributed by atoms with E-state index in [0.717, 1.165) is 24.4 Å². The van der Waals surface area contributed by atoms with E-state index in [-0.39, 0.29) is 12.6 Å². The molecule has 0 saturated carbocycles. The number of aliphatic hydroxyl groups excluding tert-OH is 1. The summed E-state index contributed by atoms with van der Waals surface area (Å²) < 4.78 is 0. The molecule has 2 aromatic rings. The highest BCUT2D eigenvalue weighted by Gasteiger charge is 2.22. The van der Waals surface area contributed by atoms with Gasteiger partial charge in [0.05, 0.1) is 0 Å². The standard InChI is InChI=1S/C17H18ClNOS/c18-13-6-7-16-12(10-13)11-15(19-8-3-9-20)14-4-1-2-5-17(14)21-16/h1-2,4-7,10,15,19-20H,3,8-9,11H2/t15-/m0/s1. The maximum absolute atomic E-state index is 8.98. The fourth-order valence-electron chi connectivity index (χ4n) is 2.65. The van der Waals surface area contributed by atoms with Crippen molar-refractivity contribution in [2.45, 2.75) is 28.7 Å². The fourth-order valence-corrected chi connectivity index (χ4v) is 3.97. The molecule has 4 heteroatoms. The van der Waals surface area contributed by atoms with Gasteiger partial charge >= 0.3 is 0 Å². The third kappa shape index (κ3) is 3.43. The highest BCUT2D eigenvalue weighted by molar-refractivity contribution is 7.99. The summed E-state index contributed by atoms with van der Waals surface area (Å²) in [7, 11) is 0. The Balaban J connectivity index is 1.95. The molecule has 1 aliphatic heterocycles. The van der Waals surface area contributed by atoms with Crippen molar-refractivity contribution in [1.29, 1.82) is 0 Å². The Bertz CT molecular complexity index is 632. The zero-order valence-corrected chi connectivity index (χ0v) is 13.3. The number of rotatable bonds is 4. The summed E-state index contributed by atoms with van der Waals surface area (Å²) in [5.41, 5.74) is 2.61. The molecule has 2 N–H and O–H groups in total. The molecule has 2 nitrogen and oxygen atoms in total. The zero-order chi connectivity index (χ0) is 14.7. The van der Waals surface area contributed by atoms with Crippen LogP contribution >= 0.6 is 23.4 Å². The SMILES string of the molecule is OCCCN[C@H]1Cc2cc(Cl)ccc2Sc2ccccc21. The molecule has 0 bridgehead atoms. The first kappa shape index (κ1) is 14.9. The van der Waals surface area contributed by atoms with Crippen LogP contribution in [0, 0.1) is 0 Å². The Morgan fingerprint density at radius 2 is 2.05 bits per heavy atom. The van der Waals surface area contributed by atoms with E-state index in [2.05, 4.69) is 41.7 Å². The molecule has 0 aromatic heterocycles. The number of hydrogen-bond acceptors (Lipinski definition) is 3. The lowest BCUT2D eigenvalue weighted by Gasteiger charge is -2.19. The van der Waals surface area contributed by atoms with Crippen molar-refractivity contribution < 1.29 is 5.11 Å². The van der Waals surface area contributed by atoms with Crippen LogP contribution in [0.2, 0.25) is 5.02 Å². The summed E-state index contributed by atoms with van der Waals surface area (Å²) in [4.78, 5) is 2.57. The third-order valence-corrected chi connectivity index (χ3v) is 5.13. The lowest BCUT2D eigenvalue weighted by molar-refractivity contribution is 0.283. The van der Waals surface area contributed by atoms with E-state index in [4.69, 9.17) is 16.7 Å². The van der Waals surface area contributed by atoms with Crippen molar-refractivity contribution in [3.05, 3.63) is 58.6 Å². The molecule has 110 valence electrons. The molecule has 3 rings (SSSR count). The van der Waals surface area contributed by atoms with Gasteiger partial charge in [0.1, 0.15) is 0 Å². The lowest BCUT2D eigenvalue weighted by Crippen LogP contribution is -2.25. The van der Waals surface area contributed by atoms with Crippen LogP contribution in [0.4, 0.5) is 0 Å². The van der Waals surface area contributed by atoms with Crippen molar-refractivity contribution in [2.75, 3.05) is 13.2 Å². The average molecular weight is 320 g/mol. The largest absolute Gasteiger partial charge is 0.396 e. The summed E-state index contributed by atoms with van der Waals surface area (Å²) in [6.45, 7) is 1.04. The normalized spacial score (nSPS) is 17.0. The molecule has 21 heavy (non-hydrogen) atoms. The first-order chi connectivity index (χ1) is 10.3. The van der Waals surface area contributed by atoms with Crippen molar-refractivity contribution >= 4 is 23.4 Å². The number of hydrogen-bond donors (Lipinski definition) is 2. The number of halogens is 1. The van der Waals surface area contributed by atoms with Crippen LogP contribution in [-0.4, -0.2) is 18.3 Å². The number of nitrogens with one attached hydrogen (secondary N) is 1. The Kier molecular flexibility index (Phi) is 4.86. The second-order valence-corrected chi connectivity index (χ2v) is 6.70. The maximum Gasteiger partial charge on any atom is 0.0443 e. The molecule has 1 atom stereocenters. The second-order valence-electron chi connectivity index (χ2n) is 5.18. The minimum absolute atomic E-state index is 0.221. The van der Waals surface area contributed by atoms with Gasteiger partial charge in [-0.2, -0.15) is 0 Å². The summed E-state index contributed by atoms with van der Waals surface area (Å²) in [6.07, 6.45) is 1.69. The maximum atomic E-state index is 8.98. The molecule has 0 spiro atoms. The van der Waals surface area contributed by atoms with Gasteiger partial charge in [-0.25, -0.2) is 0 Å². The van der Waals surface area contributed by atoms with Crippen molar-refractivity contribution in [2.24, 2.45) is 0 Å². The van der Waals surface area contributed by atoms with E-state index >= 15 is 0 Å². The summed E-state index contributed by atoms with van der Waals surface area (Å²) >= 11 is 7.96. The first-order valence-corrected chi connectivity index (χ1v) is 8.37. The molecule has 2 aromatic carbocycles. The molecule has 0 saturated heterocycles. The molecule has 0 fully saturated rings. The van der Waals surface area contributed by atoms with Crippen LogP contribution in [-0.2, 0) is 6.42 Å². The predicted molar refractivity (Wildman–Crippen MR) is 88.2 cm³/mol. The highest BCUT2D eigenvalue weighted by atomic mass is 35.5. The van der Waals surface area contributed by atoms with Gasteiger partial charge in [0.25, 0.3) is 0 Å². The summed E-state index contributed by atoms with van der Waals surface area (Å²) in [5, 5.41) is 13.3. The quantitative estimate of drug-likeness (QED) is 0.834. The van der Waals surface area contributed by atoms with E-state index in [1.54, 1.807) is 11.8 Å². The van der Waals surface area contributed by atoms with Crippen molar-refractivity contribution in [3.63, 3.8) is 0 Å². The Morgan fingerprint density at radius 3 is 2.90 bits per heavy atom. The zero-order valence-electron chi connectivity index (χ0n) is 11.7. The molecule has 0 amide bonds. The van der Waals surface area contributed by atoms with Crippen LogP contribution in [0.25, 0.3) is 0 Å².